The molecule has 0 amide bonds. The van der Waals surface area contributed by atoms with Crippen LogP contribution < -0.4 is 0 Å². The monoisotopic (exact) mass is 602 g/mol. The number of hydrogen-bond donors (Lipinski definition) is 0. The minimum absolute atomic E-state index is 0.271. The number of ether oxygens (including phenoxy) is 4. The molecule has 0 N–H and O–H groups in total. The lowest BCUT2D eigenvalue weighted by molar-refractivity contribution is -0.163. The van der Waals surface area contributed by atoms with E-state index in [2.05, 4.69) is 43.0 Å². The maximum atomic E-state index is 12.7. The van der Waals surface area contributed by atoms with Crippen LogP contribution in [-0.4, -0.2) is 37.4 Å². The van der Waals surface area contributed by atoms with E-state index in [9.17, 15) is 9.59 Å². The van der Waals surface area contributed by atoms with Gasteiger partial charge in [-0.05, 0) is 67.3 Å². The zero-order valence-electron chi connectivity index (χ0n) is 26.9. The van der Waals surface area contributed by atoms with Crippen molar-refractivity contribution in [3.05, 3.63) is 70.8 Å². The van der Waals surface area contributed by atoms with E-state index in [0.717, 1.165) is 55.1 Å². The van der Waals surface area contributed by atoms with Gasteiger partial charge in [-0.1, -0.05) is 108 Å². The summed E-state index contributed by atoms with van der Waals surface area (Å²) in [6.45, 7) is 6.87. The van der Waals surface area contributed by atoms with Crippen molar-refractivity contribution in [3.8, 4) is 11.8 Å². The van der Waals surface area contributed by atoms with Gasteiger partial charge in [-0.15, -0.1) is 0 Å². The standard InChI is InChI=1S/C38H50O6/c1-4-7-26-41-36(39)34-35(37(40)42-27-8-5-2)44-38(43-34)33-24-22-32(23-25-33)21-20-31-18-16-30(17-19-31)15-14-29-12-10-28(9-6-3)11-13-29/h16-19,22-25,28-29,34-35,38H,4-15,26-27H2,1-3H3/t28?,29?,34-,35-/m1/s1. The molecule has 0 aromatic heterocycles. The molecule has 0 unspecified atom stereocenters. The second-order valence-electron chi connectivity index (χ2n) is 12.3. The zero-order chi connectivity index (χ0) is 31.1. The average Bonchev–Trinajstić information content (AvgIpc) is 3.50. The Labute approximate surface area is 264 Å². The van der Waals surface area contributed by atoms with Crippen LogP contribution >= 0.6 is 0 Å². The van der Waals surface area contributed by atoms with Crippen LogP contribution in [0, 0.1) is 23.7 Å². The van der Waals surface area contributed by atoms with E-state index in [1.807, 2.05) is 38.1 Å². The molecule has 2 fully saturated rings. The van der Waals surface area contributed by atoms with Crippen LogP contribution in [0.25, 0.3) is 0 Å². The number of esters is 2. The molecule has 0 spiro atoms. The van der Waals surface area contributed by atoms with Crippen molar-refractivity contribution >= 4 is 11.9 Å². The van der Waals surface area contributed by atoms with Crippen LogP contribution in [0.15, 0.2) is 48.5 Å². The molecule has 0 bridgehead atoms. The molecular weight excluding hydrogens is 552 g/mol. The van der Waals surface area contributed by atoms with E-state index in [1.165, 1.54) is 50.5 Å². The minimum Gasteiger partial charge on any atom is -0.464 e. The Morgan fingerprint density at radius 1 is 0.682 bits per heavy atom. The number of rotatable bonds is 14. The van der Waals surface area contributed by atoms with Gasteiger partial charge in [0.15, 0.2) is 18.5 Å². The molecule has 6 nitrogen and oxygen atoms in total. The number of benzene rings is 2. The summed E-state index contributed by atoms with van der Waals surface area (Å²) >= 11 is 0. The van der Waals surface area contributed by atoms with Gasteiger partial charge in [-0.25, -0.2) is 9.59 Å². The molecule has 44 heavy (non-hydrogen) atoms. The second-order valence-corrected chi connectivity index (χ2v) is 12.3. The quantitative estimate of drug-likeness (QED) is 0.124. The lowest BCUT2D eigenvalue weighted by Crippen LogP contribution is -2.39. The highest BCUT2D eigenvalue weighted by atomic mass is 16.8. The summed E-state index contributed by atoms with van der Waals surface area (Å²) in [6.07, 6.45) is 10.8. The summed E-state index contributed by atoms with van der Waals surface area (Å²) < 4.78 is 22.5. The summed E-state index contributed by atoms with van der Waals surface area (Å²) in [6, 6.07) is 16.1. The van der Waals surface area contributed by atoms with Gasteiger partial charge in [0.1, 0.15) is 0 Å². The van der Waals surface area contributed by atoms with Crippen molar-refractivity contribution in [1.82, 2.24) is 0 Å². The SMILES string of the molecule is CCCCOC(=O)[C@@H]1OC(c2ccc(C#Cc3ccc(CCC4CCC(CCC)CC4)cc3)cc2)O[C@H]1C(=O)OCCCC. The van der Waals surface area contributed by atoms with Crippen LogP contribution in [0.1, 0.15) is 120 Å². The summed E-state index contributed by atoms with van der Waals surface area (Å²) in [5, 5.41) is 0. The van der Waals surface area contributed by atoms with Crippen molar-refractivity contribution in [1.29, 1.82) is 0 Å². The number of carbonyl (C=O) groups excluding carboxylic acids is 2. The predicted molar refractivity (Wildman–Crippen MR) is 172 cm³/mol. The van der Waals surface area contributed by atoms with E-state index in [0.29, 0.717) is 5.56 Å². The van der Waals surface area contributed by atoms with Crippen LogP contribution in [0.4, 0.5) is 0 Å². The van der Waals surface area contributed by atoms with Crippen molar-refractivity contribution in [2.75, 3.05) is 13.2 Å². The zero-order valence-corrected chi connectivity index (χ0v) is 26.9. The first-order chi connectivity index (χ1) is 21.5. The van der Waals surface area contributed by atoms with Gasteiger partial charge in [-0.2, -0.15) is 0 Å². The van der Waals surface area contributed by atoms with E-state index in [-0.39, 0.29) is 13.2 Å². The molecule has 2 aliphatic rings. The smallest absolute Gasteiger partial charge is 0.338 e. The van der Waals surface area contributed by atoms with Gasteiger partial charge in [0.2, 0.25) is 0 Å². The van der Waals surface area contributed by atoms with Gasteiger partial charge in [0.25, 0.3) is 0 Å². The van der Waals surface area contributed by atoms with Gasteiger partial charge in [-0.3, -0.25) is 0 Å². The highest BCUT2D eigenvalue weighted by molar-refractivity contribution is 5.86. The van der Waals surface area contributed by atoms with Gasteiger partial charge >= 0.3 is 11.9 Å². The highest BCUT2D eigenvalue weighted by Crippen LogP contribution is 2.34. The minimum atomic E-state index is -1.17. The van der Waals surface area contributed by atoms with E-state index in [4.69, 9.17) is 18.9 Å². The lowest BCUT2D eigenvalue weighted by atomic mass is 9.78. The number of aryl methyl sites for hydroxylation is 1. The molecule has 1 saturated carbocycles. The van der Waals surface area contributed by atoms with E-state index >= 15 is 0 Å². The maximum Gasteiger partial charge on any atom is 0.338 e. The molecule has 238 valence electrons. The Morgan fingerprint density at radius 2 is 1.16 bits per heavy atom. The topological polar surface area (TPSA) is 71.1 Å². The third-order valence-corrected chi connectivity index (χ3v) is 8.76. The molecule has 1 saturated heterocycles. The largest absolute Gasteiger partial charge is 0.464 e. The first-order valence-electron chi connectivity index (χ1n) is 16.9. The fourth-order valence-electron chi connectivity index (χ4n) is 5.97. The summed E-state index contributed by atoms with van der Waals surface area (Å²) in [7, 11) is 0. The van der Waals surface area contributed by atoms with Gasteiger partial charge in [0.05, 0.1) is 13.2 Å². The Balaban J connectivity index is 1.30. The first kappa shape index (κ1) is 33.7. The summed E-state index contributed by atoms with van der Waals surface area (Å²) in [5.74, 6) is 7.11. The van der Waals surface area contributed by atoms with Crippen molar-refractivity contribution < 1.29 is 28.5 Å². The fraction of sp³-hybridized carbons (Fsp3) is 0.579. The van der Waals surface area contributed by atoms with E-state index < -0.39 is 30.4 Å². The predicted octanol–water partition coefficient (Wildman–Crippen LogP) is 8.09. The summed E-state index contributed by atoms with van der Waals surface area (Å²) in [5.41, 5.74) is 3.90. The molecule has 1 aliphatic heterocycles. The van der Waals surface area contributed by atoms with Crippen molar-refractivity contribution in [2.45, 2.75) is 116 Å². The second kappa shape index (κ2) is 18.0. The highest BCUT2D eigenvalue weighted by Gasteiger charge is 2.47. The van der Waals surface area contributed by atoms with Crippen LogP contribution in [0.2, 0.25) is 0 Å². The van der Waals surface area contributed by atoms with Gasteiger partial charge < -0.3 is 18.9 Å². The molecule has 2 aromatic carbocycles. The molecule has 0 radical (unpaired) electrons. The normalized spacial score (nSPS) is 21.8. The average molecular weight is 603 g/mol. The fourth-order valence-corrected chi connectivity index (χ4v) is 5.97. The maximum absolute atomic E-state index is 12.7. The molecule has 2 aromatic rings. The van der Waals surface area contributed by atoms with Gasteiger partial charge in [0, 0.05) is 16.7 Å². The number of carbonyl (C=O) groups is 2. The molecule has 1 heterocycles. The van der Waals surface area contributed by atoms with Crippen molar-refractivity contribution in [2.24, 2.45) is 11.8 Å². The van der Waals surface area contributed by atoms with Crippen molar-refractivity contribution in [3.63, 3.8) is 0 Å². The molecule has 1 aliphatic carbocycles. The summed E-state index contributed by atoms with van der Waals surface area (Å²) in [4.78, 5) is 25.4. The van der Waals surface area contributed by atoms with Crippen LogP contribution in [0.3, 0.4) is 0 Å². The Hall–Kier alpha value is -3.14. The Kier molecular flexibility index (Phi) is 13.8. The lowest BCUT2D eigenvalue weighted by Gasteiger charge is -2.28. The first-order valence-corrected chi connectivity index (χ1v) is 16.9. The van der Waals surface area contributed by atoms with Crippen LogP contribution in [-0.2, 0) is 35.0 Å². The van der Waals surface area contributed by atoms with E-state index in [1.54, 1.807) is 0 Å². The Bertz CT molecular complexity index is 1190. The molecule has 2 atom stereocenters. The molecular formula is C38H50O6. The number of hydrogen-bond acceptors (Lipinski definition) is 6. The molecule has 4 rings (SSSR count). The third kappa shape index (κ3) is 10.2. The Morgan fingerprint density at radius 3 is 1.64 bits per heavy atom. The molecule has 6 heteroatoms. The van der Waals surface area contributed by atoms with Crippen LogP contribution in [0.5, 0.6) is 0 Å². The number of unbranched alkanes of at least 4 members (excludes halogenated alkanes) is 2. The third-order valence-electron chi connectivity index (χ3n) is 8.76.